The van der Waals surface area contributed by atoms with Crippen LogP contribution in [0.2, 0.25) is 0 Å². The molecule has 0 atom stereocenters. The van der Waals surface area contributed by atoms with Gasteiger partial charge in [-0.15, -0.1) is 0 Å². The summed E-state index contributed by atoms with van der Waals surface area (Å²) in [5, 5.41) is 3.74. The highest BCUT2D eigenvalue weighted by atomic mass is 15.1. The topological polar surface area (TPSA) is 15.3 Å². The van der Waals surface area contributed by atoms with Gasteiger partial charge in [-0.3, -0.25) is 0 Å². The molecule has 106 valence electrons. The number of rotatable bonds is 6. The molecule has 19 heavy (non-hydrogen) atoms. The summed E-state index contributed by atoms with van der Waals surface area (Å²) < 4.78 is 0. The molecule has 0 heterocycles. The normalized spacial score (nSPS) is 17.6. The molecule has 0 aromatic heterocycles. The maximum atomic E-state index is 3.74. The average Bonchev–Trinajstić information content (AvgIpc) is 2.68. The molecule has 1 aromatic carbocycles. The molecule has 0 aliphatic heterocycles. The first kappa shape index (κ1) is 14.5. The Labute approximate surface area is 118 Å². The van der Waals surface area contributed by atoms with E-state index in [0.29, 0.717) is 0 Å². The van der Waals surface area contributed by atoms with Gasteiger partial charge in [0.25, 0.3) is 0 Å². The van der Waals surface area contributed by atoms with Gasteiger partial charge in [-0.1, -0.05) is 56.0 Å². The zero-order chi connectivity index (χ0) is 13.3. The Morgan fingerprint density at radius 1 is 1.05 bits per heavy atom. The summed E-state index contributed by atoms with van der Waals surface area (Å²) in [6.45, 7) is 3.30. The van der Waals surface area contributed by atoms with Crippen molar-refractivity contribution < 1.29 is 0 Å². The van der Waals surface area contributed by atoms with Crippen molar-refractivity contribution >= 4 is 0 Å². The second-order valence-electron chi connectivity index (χ2n) is 5.87. The van der Waals surface area contributed by atoms with Gasteiger partial charge in [-0.25, -0.2) is 0 Å². The lowest BCUT2D eigenvalue weighted by atomic mass is 10.1. The number of benzene rings is 1. The monoisotopic (exact) mass is 260 g/mol. The molecule has 1 saturated carbocycles. The van der Waals surface area contributed by atoms with Crippen LogP contribution in [0.3, 0.4) is 0 Å². The Hall–Kier alpha value is -0.860. The van der Waals surface area contributed by atoms with Crippen LogP contribution >= 0.6 is 0 Å². The van der Waals surface area contributed by atoms with E-state index in [1.165, 1.54) is 44.1 Å². The van der Waals surface area contributed by atoms with Gasteiger partial charge in [0.2, 0.25) is 0 Å². The highest BCUT2D eigenvalue weighted by molar-refractivity contribution is 5.14. The third-order valence-corrected chi connectivity index (χ3v) is 4.08. The molecule has 1 aliphatic carbocycles. The molecule has 1 fully saturated rings. The molecule has 0 amide bonds. The summed E-state index contributed by atoms with van der Waals surface area (Å²) in [4.78, 5) is 2.40. The van der Waals surface area contributed by atoms with Crippen molar-refractivity contribution in [3.8, 4) is 0 Å². The van der Waals surface area contributed by atoms with Gasteiger partial charge < -0.3 is 10.2 Å². The first-order valence-electron chi connectivity index (χ1n) is 7.80. The molecular formula is C17H28N2. The molecule has 1 aliphatic rings. The van der Waals surface area contributed by atoms with Crippen LogP contribution in [0.5, 0.6) is 0 Å². The van der Waals surface area contributed by atoms with Crippen molar-refractivity contribution in [2.75, 3.05) is 20.1 Å². The van der Waals surface area contributed by atoms with E-state index in [0.717, 1.165) is 25.7 Å². The summed E-state index contributed by atoms with van der Waals surface area (Å²) in [7, 11) is 2.21. The number of nitrogens with one attached hydrogen (secondary N) is 1. The van der Waals surface area contributed by atoms with Gasteiger partial charge in [0, 0.05) is 25.7 Å². The molecular weight excluding hydrogens is 232 g/mol. The van der Waals surface area contributed by atoms with Crippen molar-refractivity contribution in [3.05, 3.63) is 35.9 Å². The molecule has 0 bridgehead atoms. The van der Waals surface area contributed by atoms with Gasteiger partial charge in [-0.05, 0) is 25.5 Å². The third-order valence-electron chi connectivity index (χ3n) is 4.08. The largest absolute Gasteiger partial charge is 0.313 e. The molecule has 0 radical (unpaired) electrons. The molecule has 2 heteroatoms. The SMILES string of the molecule is CN(CCNC1CCCCCC1)Cc1ccccc1. The van der Waals surface area contributed by atoms with Crippen molar-refractivity contribution in [2.45, 2.75) is 51.1 Å². The Morgan fingerprint density at radius 3 is 2.42 bits per heavy atom. The molecule has 2 rings (SSSR count). The first-order valence-corrected chi connectivity index (χ1v) is 7.80. The van der Waals surface area contributed by atoms with Crippen molar-refractivity contribution in [1.29, 1.82) is 0 Å². The van der Waals surface area contributed by atoms with E-state index in [9.17, 15) is 0 Å². The minimum absolute atomic E-state index is 0.771. The van der Waals surface area contributed by atoms with Crippen molar-refractivity contribution in [1.82, 2.24) is 10.2 Å². The van der Waals surface area contributed by atoms with Crippen LogP contribution in [0, 0.1) is 0 Å². The lowest BCUT2D eigenvalue weighted by Gasteiger charge is -2.20. The van der Waals surface area contributed by atoms with E-state index in [2.05, 4.69) is 47.6 Å². The van der Waals surface area contributed by atoms with Crippen molar-refractivity contribution in [3.63, 3.8) is 0 Å². The average molecular weight is 260 g/mol. The molecule has 0 spiro atoms. The van der Waals surface area contributed by atoms with E-state index >= 15 is 0 Å². The zero-order valence-corrected chi connectivity index (χ0v) is 12.3. The maximum absolute atomic E-state index is 3.74. The number of nitrogens with zero attached hydrogens (tertiary/aromatic N) is 1. The number of hydrogen-bond donors (Lipinski definition) is 1. The minimum Gasteiger partial charge on any atom is -0.313 e. The lowest BCUT2D eigenvalue weighted by Crippen LogP contribution is -2.35. The van der Waals surface area contributed by atoms with Crippen LogP contribution in [0.4, 0.5) is 0 Å². The number of likely N-dealkylation sites (N-methyl/N-ethyl adjacent to an activating group) is 1. The summed E-state index contributed by atoms with van der Waals surface area (Å²) in [5.41, 5.74) is 1.40. The Kier molecular flexibility index (Phi) is 6.38. The fourth-order valence-electron chi connectivity index (χ4n) is 2.92. The van der Waals surface area contributed by atoms with Crippen LogP contribution in [0.1, 0.15) is 44.1 Å². The van der Waals surface area contributed by atoms with E-state index < -0.39 is 0 Å². The van der Waals surface area contributed by atoms with Gasteiger partial charge in [-0.2, -0.15) is 0 Å². The lowest BCUT2D eigenvalue weighted by molar-refractivity contribution is 0.312. The van der Waals surface area contributed by atoms with E-state index in [-0.39, 0.29) is 0 Å². The summed E-state index contributed by atoms with van der Waals surface area (Å²) in [6, 6.07) is 11.5. The van der Waals surface area contributed by atoms with Crippen LogP contribution in [0.25, 0.3) is 0 Å². The van der Waals surface area contributed by atoms with Gasteiger partial charge in [0.05, 0.1) is 0 Å². The molecule has 0 saturated heterocycles. The van der Waals surface area contributed by atoms with Gasteiger partial charge >= 0.3 is 0 Å². The molecule has 1 aromatic rings. The van der Waals surface area contributed by atoms with Gasteiger partial charge in [0.15, 0.2) is 0 Å². The number of hydrogen-bond acceptors (Lipinski definition) is 2. The van der Waals surface area contributed by atoms with Crippen LogP contribution < -0.4 is 5.32 Å². The van der Waals surface area contributed by atoms with E-state index in [1.54, 1.807) is 0 Å². The van der Waals surface area contributed by atoms with Crippen LogP contribution in [-0.2, 0) is 6.54 Å². The van der Waals surface area contributed by atoms with E-state index in [1.807, 2.05) is 0 Å². The Balaban J connectivity index is 1.62. The predicted octanol–water partition coefficient (Wildman–Crippen LogP) is 3.43. The second-order valence-corrected chi connectivity index (χ2v) is 5.87. The molecule has 1 N–H and O–H groups in total. The molecule has 0 unspecified atom stereocenters. The summed E-state index contributed by atoms with van der Waals surface area (Å²) in [6.07, 6.45) is 8.46. The summed E-state index contributed by atoms with van der Waals surface area (Å²) in [5.74, 6) is 0. The molecule has 2 nitrogen and oxygen atoms in total. The Bertz CT molecular complexity index is 328. The first-order chi connectivity index (χ1) is 9.34. The van der Waals surface area contributed by atoms with E-state index in [4.69, 9.17) is 0 Å². The maximum Gasteiger partial charge on any atom is 0.0231 e. The zero-order valence-electron chi connectivity index (χ0n) is 12.3. The van der Waals surface area contributed by atoms with Crippen LogP contribution in [0.15, 0.2) is 30.3 Å². The highest BCUT2D eigenvalue weighted by Crippen LogP contribution is 2.16. The Morgan fingerprint density at radius 2 is 1.74 bits per heavy atom. The van der Waals surface area contributed by atoms with Gasteiger partial charge in [0.1, 0.15) is 0 Å². The third kappa shape index (κ3) is 5.75. The fraction of sp³-hybridized carbons (Fsp3) is 0.647. The highest BCUT2D eigenvalue weighted by Gasteiger charge is 2.11. The minimum atomic E-state index is 0.771. The summed E-state index contributed by atoms with van der Waals surface area (Å²) >= 11 is 0. The van der Waals surface area contributed by atoms with Crippen molar-refractivity contribution in [2.24, 2.45) is 0 Å². The predicted molar refractivity (Wildman–Crippen MR) is 82.3 cm³/mol. The smallest absolute Gasteiger partial charge is 0.0231 e. The quantitative estimate of drug-likeness (QED) is 0.788. The fourth-order valence-corrected chi connectivity index (χ4v) is 2.92. The standard InChI is InChI=1S/C17H28N2/c1-19(15-16-9-5-4-6-10-16)14-13-18-17-11-7-2-3-8-12-17/h4-6,9-10,17-18H,2-3,7-8,11-15H2,1H3. The van der Waals surface area contributed by atoms with Crippen LogP contribution in [-0.4, -0.2) is 31.1 Å². The second kappa shape index (κ2) is 8.34.